The molecular weight excluding hydrogens is 314 g/mol. The monoisotopic (exact) mass is 343 g/mol. The predicted octanol–water partition coefficient (Wildman–Crippen LogP) is 3.85. The van der Waals surface area contributed by atoms with E-state index in [9.17, 15) is 14.7 Å². The number of carbonyl (C=O) groups excluding carboxylic acids is 1. The summed E-state index contributed by atoms with van der Waals surface area (Å²) >= 11 is 0. The molecule has 25 heavy (non-hydrogen) atoms. The van der Waals surface area contributed by atoms with Crippen LogP contribution in [0.25, 0.3) is 0 Å². The Morgan fingerprint density at radius 3 is 2.32 bits per heavy atom. The smallest absolute Gasteiger partial charge is 0.314 e. The Morgan fingerprint density at radius 1 is 1.16 bits per heavy atom. The van der Waals surface area contributed by atoms with E-state index in [0.717, 1.165) is 12.0 Å². The van der Waals surface area contributed by atoms with Gasteiger partial charge in [0, 0.05) is 19.0 Å². The summed E-state index contributed by atoms with van der Waals surface area (Å²) in [4.78, 5) is 26.7. The molecule has 3 rings (SSSR count). The van der Waals surface area contributed by atoms with Gasteiger partial charge in [0.1, 0.15) is 0 Å². The van der Waals surface area contributed by atoms with Crippen LogP contribution < -0.4 is 0 Å². The molecule has 1 atom stereocenters. The Labute approximate surface area is 150 Å². The molecule has 0 aromatic heterocycles. The number of carboxylic acids is 1. The Bertz CT molecular complexity index is 599. The Morgan fingerprint density at radius 2 is 1.76 bits per heavy atom. The third kappa shape index (κ3) is 3.73. The summed E-state index contributed by atoms with van der Waals surface area (Å²) in [5.74, 6) is 0.187. The van der Waals surface area contributed by atoms with Gasteiger partial charge in [0.25, 0.3) is 0 Å². The fourth-order valence-electron chi connectivity index (χ4n) is 4.65. The molecule has 1 aromatic carbocycles. The van der Waals surface area contributed by atoms with E-state index < -0.39 is 11.4 Å². The number of carbonyl (C=O) groups is 2. The lowest BCUT2D eigenvalue weighted by Gasteiger charge is -2.40. The normalized spacial score (nSPS) is 21.9. The van der Waals surface area contributed by atoms with E-state index in [-0.39, 0.29) is 11.8 Å². The lowest BCUT2D eigenvalue weighted by molar-refractivity contribution is -0.149. The number of rotatable bonds is 5. The third-order valence-electron chi connectivity index (χ3n) is 6.25. The van der Waals surface area contributed by atoms with Gasteiger partial charge in [-0.05, 0) is 30.7 Å². The minimum Gasteiger partial charge on any atom is -0.481 e. The maximum Gasteiger partial charge on any atom is 0.314 e. The zero-order chi connectivity index (χ0) is 17.9. The van der Waals surface area contributed by atoms with Crippen LogP contribution in [-0.2, 0) is 15.0 Å². The molecule has 0 radical (unpaired) electrons. The maximum atomic E-state index is 12.8. The van der Waals surface area contributed by atoms with Gasteiger partial charge in [-0.15, -0.1) is 0 Å². The minimum absolute atomic E-state index is 0.0529. The van der Waals surface area contributed by atoms with Crippen LogP contribution >= 0.6 is 0 Å². The van der Waals surface area contributed by atoms with Crippen LogP contribution in [-0.4, -0.2) is 35.0 Å². The fraction of sp³-hybridized carbons (Fsp3) is 0.619. The molecule has 2 fully saturated rings. The SMILES string of the molecule is CC(CC1CCCC1)C(=O)N1CCC(C(=O)O)(c2ccccc2)CC1. The Kier molecular flexibility index (Phi) is 5.45. The van der Waals surface area contributed by atoms with Crippen LogP contribution in [0.5, 0.6) is 0 Å². The largest absolute Gasteiger partial charge is 0.481 e. The molecule has 1 saturated heterocycles. The summed E-state index contributed by atoms with van der Waals surface area (Å²) in [5.41, 5.74) is 0.000754. The van der Waals surface area contributed by atoms with Gasteiger partial charge in [-0.3, -0.25) is 9.59 Å². The minimum atomic E-state index is -0.854. The van der Waals surface area contributed by atoms with E-state index in [4.69, 9.17) is 0 Å². The van der Waals surface area contributed by atoms with Crippen molar-refractivity contribution in [2.24, 2.45) is 11.8 Å². The van der Waals surface area contributed by atoms with E-state index in [1.54, 1.807) is 0 Å². The topological polar surface area (TPSA) is 57.6 Å². The number of likely N-dealkylation sites (tertiary alicyclic amines) is 1. The van der Waals surface area contributed by atoms with Crippen molar-refractivity contribution < 1.29 is 14.7 Å². The first kappa shape index (κ1) is 18.0. The van der Waals surface area contributed by atoms with Crippen molar-refractivity contribution in [1.29, 1.82) is 0 Å². The second-order valence-corrected chi connectivity index (χ2v) is 7.87. The molecule has 2 aliphatic rings. The molecule has 1 unspecified atom stereocenters. The van der Waals surface area contributed by atoms with Crippen molar-refractivity contribution in [3.8, 4) is 0 Å². The van der Waals surface area contributed by atoms with Crippen molar-refractivity contribution >= 4 is 11.9 Å². The molecule has 4 heteroatoms. The van der Waals surface area contributed by atoms with Gasteiger partial charge in [0.05, 0.1) is 5.41 Å². The molecule has 1 heterocycles. The molecule has 4 nitrogen and oxygen atoms in total. The van der Waals surface area contributed by atoms with Crippen molar-refractivity contribution in [1.82, 2.24) is 4.90 Å². The number of piperidine rings is 1. The Balaban J connectivity index is 1.63. The average Bonchev–Trinajstić information content (AvgIpc) is 3.14. The van der Waals surface area contributed by atoms with E-state index in [1.807, 2.05) is 42.2 Å². The highest BCUT2D eigenvalue weighted by molar-refractivity contribution is 5.83. The van der Waals surface area contributed by atoms with Crippen LogP contribution in [0.15, 0.2) is 30.3 Å². The number of amides is 1. The molecule has 0 spiro atoms. The number of carboxylic acid groups (broad SMARTS) is 1. The van der Waals surface area contributed by atoms with E-state index in [1.165, 1.54) is 25.7 Å². The molecule has 1 aliphatic carbocycles. The van der Waals surface area contributed by atoms with Crippen molar-refractivity contribution in [2.45, 2.75) is 57.3 Å². The lowest BCUT2D eigenvalue weighted by atomic mass is 9.72. The lowest BCUT2D eigenvalue weighted by Crippen LogP contribution is -2.50. The van der Waals surface area contributed by atoms with E-state index >= 15 is 0 Å². The fourth-order valence-corrected chi connectivity index (χ4v) is 4.65. The summed E-state index contributed by atoms with van der Waals surface area (Å²) in [7, 11) is 0. The van der Waals surface area contributed by atoms with Crippen LogP contribution in [0.3, 0.4) is 0 Å². The van der Waals surface area contributed by atoms with Crippen LogP contribution in [0.1, 0.15) is 57.4 Å². The third-order valence-corrected chi connectivity index (χ3v) is 6.25. The summed E-state index contributed by atoms with van der Waals surface area (Å²) in [6.07, 6.45) is 7.09. The van der Waals surface area contributed by atoms with Gasteiger partial charge in [-0.1, -0.05) is 62.9 Å². The molecule has 1 amide bonds. The zero-order valence-electron chi connectivity index (χ0n) is 15.1. The van der Waals surface area contributed by atoms with E-state index in [2.05, 4.69) is 0 Å². The van der Waals surface area contributed by atoms with Crippen LogP contribution in [0.4, 0.5) is 0 Å². The van der Waals surface area contributed by atoms with Gasteiger partial charge in [-0.25, -0.2) is 0 Å². The molecule has 0 bridgehead atoms. The zero-order valence-corrected chi connectivity index (χ0v) is 15.1. The second-order valence-electron chi connectivity index (χ2n) is 7.87. The second kappa shape index (κ2) is 7.59. The molecule has 1 N–H and O–H groups in total. The van der Waals surface area contributed by atoms with Crippen molar-refractivity contribution in [2.75, 3.05) is 13.1 Å². The van der Waals surface area contributed by atoms with Gasteiger partial charge >= 0.3 is 5.97 Å². The number of hydrogen-bond donors (Lipinski definition) is 1. The van der Waals surface area contributed by atoms with Gasteiger partial charge < -0.3 is 10.0 Å². The van der Waals surface area contributed by atoms with Crippen LogP contribution in [0, 0.1) is 11.8 Å². The summed E-state index contributed by atoms with van der Waals surface area (Å²) in [6, 6.07) is 9.48. The number of nitrogens with zero attached hydrogens (tertiary/aromatic N) is 1. The highest BCUT2D eigenvalue weighted by atomic mass is 16.4. The van der Waals surface area contributed by atoms with E-state index in [0.29, 0.717) is 31.8 Å². The van der Waals surface area contributed by atoms with Gasteiger partial charge in [0.15, 0.2) is 0 Å². The molecule has 1 saturated carbocycles. The number of aliphatic carboxylic acids is 1. The Hall–Kier alpha value is -1.84. The predicted molar refractivity (Wildman–Crippen MR) is 97.3 cm³/mol. The highest BCUT2D eigenvalue weighted by Crippen LogP contribution is 2.37. The maximum absolute atomic E-state index is 12.8. The number of hydrogen-bond acceptors (Lipinski definition) is 2. The number of benzene rings is 1. The standard InChI is InChI=1S/C21H29NO3/c1-16(15-17-7-5-6-8-17)19(23)22-13-11-21(12-14-22,20(24)25)18-9-3-2-4-10-18/h2-4,9-10,16-17H,5-8,11-15H2,1H3,(H,24,25). The average molecular weight is 343 g/mol. The first-order chi connectivity index (χ1) is 12.0. The molecular formula is C21H29NO3. The van der Waals surface area contributed by atoms with Gasteiger partial charge in [-0.2, -0.15) is 0 Å². The quantitative estimate of drug-likeness (QED) is 0.883. The van der Waals surface area contributed by atoms with Gasteiger partial charge in [0.2, 0.25) is 5.91 Å². The highest BCUT2D eigenvalue weighted by Gasteiger charge is 2.44. The molecule has 1 aliphatic heterocycles. The molecule has 136 valence electrons. The van der Waals surface area contributed by atoms with Crippen molar-refractivity contribution in [3.05, 3.63) is 35.9 Å². The first-order valence-corrected chi connectivity index (χ1v) is 9.60. The molecule has 1 aromatic rings. The summed E-state index contributed by atoms with van der Waals surface area (Å²) in [6.45, 7) is 3.11. The van der Waals surface area contributed by atoms with Crippen LogP contribution in [0.2, 0.25) is 0 Å². The van der Waals surface area contributed by atoms with Crippen molar-refractivity contribution in [3.63, 3.8) is 0 Å². The first-order valence-electron chi connectivity index (χ1n) is 9.60. The summed E-state index contributed by atoms with van der Waals surface area (Å²) in [5, 5.41) is 9.86. The summed E-state index contributed by atoms with van der Waals surface area (Å²) < 4.78 is 0.